The molecule has 7 heteroatoms. The summed E-state index contributed by atoms with van der Waals surface area (Å²) in [5.41, 5.74) is 2.85. The quantitative estimate of drug-likeness (QED) is 0.719. The monoisotopic (exact) mass is 330 g/mol. The summed E-state index contributed by atoms with van der Waals surface area (Å²) in [6.07, 6.45) is 0. The van der Waals surface area contributed by atoms with Crippen LogP contribution in [0, 0.1) is 0 Å². The van der Waals surface area contributed by atoms with E-state index in [-0.39, 0.29) is 0 Å². The van der Waals surface area contributed by atoms with Crippen molar-refractivity contribution in [1.82, 2.24) is 25.6 Å². The molecule has 0 fully saturated rings. The zero-order chi connectivity index (χ0) is 13.8. The molecule has 0 unspecified atom stereocenters. The van der Waals surface area contributed by atoms with Crippen molar-refractivity contribution in [3.63, 3.8) is 0 Å². The van der Waals surface area contributed by atoms with Crippen LogP contribution in [0.3, 0.4) is 0 Å². The summed E-state index contributed by atoms with van der Waals surface area (Å²) >= 11 is 3.36. The number of nitrogens with zero attached hydrogens (tertiary/aromatic N) is 4. The fraction of sp³-hybridized carbons (Fsp3) is 0.0769. The number of H-pyrrole nitrogens is 1. The van der Waals surface area contributed by atoms with Crippen LogP contribution in [-0.4, -0.2) is 25.6 Å². The van der Waals surface area contributed by atoms with Crippen LogP contribution in [0.1, 0.15) is 5.69 Å². The minimum atomic E-state index is 0.578. The highest BCUT2D eigenvalue weighted by molar-refractivity contribution is 9.10. The summed E-state index contributed by atoms with van der Waals surface area (Å²) in [4.78, 5) is 4.38. The molecule has 0 saturated carbocycles. The number of hydrogen-bond donors (Lipinski definition) is 2. The van der Waals surface area contributed by atoms with Gasteiger partial charge in [-0.2, -0.15) is 5.21 Å². The lowest BCUT2D eigenvalue weighted by molar-refractivity contribution is 0.881. The molecular weight excluding hydrogens is 320 g/mol. The molecule has 0 saturated heterocycles. The third kappa shape index (κ3) is 3.00. The Morgan fingerprint density at radius 1 is 1.15 bits per heavy atom. The molecule has 0 aliphatic carbocycles. The van der Waals surface area contributed by atoms with Gasteiger partial charge in [0.25, 0.3) is 0 Å². The Morgan fingerprint density at radius 2 is 2.05 bits per heavy atom. The molecule has 0 aliphatic heterocycles. The van der Waals surface area contributed by atoms with Crippen molar-refractivity contribution in [3.8, 4) is 11.4 Å². The summed E-state index contributed by atoms with van der Waals surface area (Å²) in [5.74, 6) is 0.578. The van der Waals surface area contributed by atoms with Crippen molar-refractivity contribution in [1.29, 1.82) is 0 Å². The molecule has 0 aliphatic rings. The fourth-order valence-corrected chi connectivity index (χ4v) is 2.17. The zero-order valence-corrected chi connectivity index (χ0v) is 12.0. The average Bonchev–Trinajstić information content (AvgIpc) is 3.00. The van der Waals surface area contributed by atoms with Crippen LogP contribution in [0.5, 0.6) is 0 Å². The maximum atomic E-state index is 4.38. The van der Waals surface area contributed by atoms with Crippen LogP contribution >= 0.6 is 15.9 Å². The summed E-state index contributed by atoms with van der Waals surface area (Å²) in [5, 5.41) is 17.3. The van der Waals surface area contributed by atoms with Gasteiger partial charge in [-0.1, -0.05) is 18.2 Å². The topological polar surface area (TPSA) is 79.4 Å². The van der Waals surface area contributed by atoms with Gasteiger partial charge >= 0.3 is 0 Å². The Morgan fingerprint density at radius 3 is 2.85 bits per heavy atom. The number of aromatic amines is 1. The van der Waals surface area contributed by atoms with E-state index in [0.717, 1.165) is 21.5 Å². The van der Waals surface area contributed by atoms with E-state index in [0.29, 0.717) is 12.4 Å². The van der Waals surface area contributed by atoms with Crippen molar-refractivity contribution in [3.05, 3.63) is 52.8 Å². The Hall–Kier alpha value is -2.28. The highest BCUT2D eigenvalue weighted by Gasteiger charge is 2.03. The Kier molecular flexibility index (Phi) is 3.69. The van der Waals surface area contributed by atoms with Gasteiger partial charge in [0.1, 0.15) is 4.60 Å². The van der Waals surface area contributed by atoms with E-state index in [1.807, 2.05) is 42.5 Å². The second kappa shape index (κ2) is 5.79. The molecule has 2 heterocycles. The van der Waals surface area contributed by atoms with Crippen LogP contribution in [0.15, 0.2) is 47.1 Å². The van der Waals surface area contributed by atoms with Gasteiger partial charge in [0.2, 0.25) is 5.82 Å². The summed E-state index contributed by atoms with van der Waals surface area (Å²) in [6, 6.07) is 13.7. The van der Waals surface area contributed by atoms with E-state index in [1.165, 1.54) is 0 Å². The smallest absolute Gasteiger partial charge is 0.204 e. The van der Waals surface area contributed by atoms with Gasteiger partial charge in [-0.25, -0.2) is 4.98 Å². The number of benzene rings is 1. The van der Waals surface area contributed by atoms with Crippen molar-refractivity contribution in [2.24, 2.45) is 0 Å². The van der Waals surface area contributed by atoms with Crippen LogP contribution in [0.2, 0.25) is 0 Å². The van der Waals surface area contributed by atoms with Gasteiger partial charge < -0.3 is 5.32 Å². The lowest BCUT2D eigenvalue weighted by atomic mass is 10.2. The molecule has 1 aromatic carbocycles. The Labute approximate surface area is 123 Å². The molecule has 0 atom stereocenters. The third-order valence-electron chi connectivity index (χ3n) is 2.71. The van der Waals surface area contributed by atoms with E-state index in [9.17, 15) is 0 Å². The van der Waals surface area contributed by atoms with Crippen molar-refractivity contribution < 1.29 is 0 Å². The second-order valence-corrected chi connectivity index (χ2v) is 4.93. The predicted octanol–water partition coefficient (Wildman–Crippen LogP) is 2.64. The molecule has 3 rings (SSSR count). The van der Waals surface area contributed by atoms with E-state index in [2.05, 4.69) is 46.9 Å². The van der Waals surface area contributed by atoms with Gasteiger partial charge in [-0.15, -0.1) is 10.2 Å². The van der Waals surface area contributed by atoms with E-state index >= 15 is 0 Å². The molecule has 0 radical (unpaired) electrons. The molecule has 3 aromatic rings. The summed E-state index contributed by atoms with van der Waals surface area (Å²) in [6.45, 7) is 0.648. The number of halogens is 1. The average molecular weight is 331 g/mol. The molecule has 20 heavy (non-hydrogen) atoms. The van der Waals surface area contributed by atoms with Crippen molar-refractivity contribution in [2.45, 2.75) is 6.54 Å². The van der Waals surface area contributed by atoms with Gasteiger partial charge in [0.05, 0.1) is 12.2 Å². The van der Waals surface area contributed by atoms with Crippen molar-refractivity contribution >= 4 is 21.6 Å². The van der Waals surface area contributed by atoms with Gasteiger partial charge in [0.15, 0.2) is 0 Å². The molecule has 0 spiro atoms. The first kappa shape index (κ1) is 12.7. The third-order valence-corrected chi connectivity index (χ3v) is 3.15. The fourth-order valence-electron chi connectivity index (χ4n) is 1.79. The largest absolute Gasteiger partial charge is 0.379 e. The SMILES string of the molecule is Brc1cccc(CNc2cccc(-c3nn[nH]n3)c2)n1. The van der Waals surface area contributed by atoms with E-state index < -0.39 is 0 Å². The number of tetrazole rings is 1. The highest BCUT2D eigenvalue weighted by atomic mass is 79.9. The maximum Gasteiger partial charge on any atom is 0.204 e. The minimum Gasteiger partial charge on any atom is -0.379 e. The number of aromatic nitrogens is 5. The summed E-state index contributed by atoms with van der Waals surface area (Å²) in [7, 11) is 0. The van der Waals surface area contributed by atoms with Crippen LogP contribution in [0.25, 0.3) is 11.4 Å². The maximum absolute atomic E-state index is 4.38. The number of rotatable bonds is 4. The first-order chi connectivity index (χ1) is 9.81. The van der Waals surface area contributed by atoms with Crippen molar-refractivity contribution in [2.75, 3.05) is 5.32 Å². The molecule has 0 bridgehead atoms. The van der Waals surface area contributed by atoms with Crippen LogP contribution in [-0.2, 0) is 6.54 Å². The minimum absolute atomic E-state index is 0.578. The zero-order valence-electron chi connectivity index (χ0n) is 10.4. The highest BCUT2D eigenvalue weighted by Crippen LogP contribution is 2.18. The number of pyridine rings is 1. The van der Waals surface area contributed by atoms with Gasteiger partial charge in [-0.3, -0.25) is 0 Å². The second-order valence-electron chi connectivity index (χ2n) is 4.12. The Bertz CT molecular complexity index is 698. The predicted molar refractivity (Wildman–Crippen MR) is 78.9 cm³/mol. The lowest BCUT2D eigenvalue weighted by Gasteiger charge is -2.07. The molecule has 2 N–H and O–H groups in total. The molecule has 2 aromatic heterocycles. The first-order valence-electron chi connectivity index (χ1n) is 6.00. The van der Waals surface area contributed by atoms with Crippen LogP contribution < -0.4 is 5.32 Å². The van der Waals surface area contributed by atoms with Crippen LogP contribution in [0.4, 0.5) is 5.69 Å². The Balaban J connectivity index is 1.73. The number of hydrogen-bond acceptors (Lipinski definition) is 5. The number of nitrogens with one attached hydrogen (secondary N) is 2. The van der Waals surface area contributed by atoms with E-state index in [4.69, 9.17) is 0 Å². The normalized spacial score (nSPS) is 10.4. The van der Waals surface area contributed by atoms with Gasteiger partial charge in [0, 0.05) is 11.3 Å². The lowest BCUT2D eigenvalue weighted by Crippen LogP contribution is -2.01. The van der Waals surface area contributed by atoms with Gasteiger partial charge in [-0.05, 0) is 45.4 Å². The molecule has 0 amide bonds. The molecule has 6 nitrogen and oxygen atoms in total. The molecule has 100 valence electrons. The molecular formula is C13H11BrN6. The standard InChI is InChI=1S/C13H11BrN6/c14-12-6-2-5-11(16-12)8-15-10-4-1-3-9(7-10)13-17-19-20-18-13/h1-7,15H,8H2,(H,17,18,19,20). The van der Waals surface area contributed by atoms with E-state index in [1.54, 1.807) is 0 Å². The number of anilines is 1. The summed E-state index contributed by atoms with van der Waals surface area (Å²) < 4.78 is 0.831. The first-order valence-corrected chi connectivity index (χ1v) is 6.80.